The highest BCUT2D eigenvalue weighted by Crippen LogP contribution is 2.32. The number of carbonyl (C=O) groups excluding carboxylic acids is 2. The molecule has 0 fully saturated rings. The molecule has 2 aromatic rings. The molecule has 0 bridgehead atoms. The lowest BCUT2D eigenvalue weighted by Crippen LogP contribution is -2.37. The van der Waals surface area contributed by atoms with Crippen LogP contribution in [0.5, 0.6) is 0 Å². The van der Waals surface area contributed by atoms with E-state index in [2.05, 4.69) is 9.97 Å². The number of amides is 2. The molecule has 1 aromatic carbocycles. The molecule has 1 aliphatic rings. The van der Waals surface area contributed by atoms with Crippen molar-refractivity contribution in [3.63, 3.8) is 0 Å². The highest BCUT2D eigenvalue weighted by molar-refractivity contribution is 6.33. The van der Waals surface area contributed by atoms with Gasteiger partial charge in [-0.2, -0.15) is 13.2 Å². The molecule has 1 aliphatic heterocycles. The van der Waals surface area contributed by atoms with E-state index in [1.807, 2.05) is 0 Å². The van der Waals surface area contributed by atoms with Crippen LogP contribution in [0.15, 0.2) is 24.4 Å². The van der Waals surface area contributed by atoms with E-state index in [9.17, 15) is 22.8 Å². The molecule has 6 nitrogen and oxygen atoms in total. The molecule has 0 unspecified atom stereocenters. The van der Waals surface area contributed by atoms with Crippen LogP contribution in [0, 0.1) is 0 Å². The molecule has 0 saturated carbocycles. The predicted octanol–water partition coefficient (Wildman–Crippen LogP) is 2.45. The lowest BCUT2D eigenvalue weighted by atomic mass is 10.0. The fraction of sp³-hybridized carbons (Fsp3) is 0.250. The van der Waals surface area contributed by atoms with Crippen molar-refractivity contribution < 1.29 is 22.8 Å². The average molecular weight is 385 g/mol. The van der Waals surface area contributed by atoms with Gasteiger partial charge in [-0.05, 0) is 30.2 Å². The summed E-state index contributed by atoms with van der Waals surface area (Å²) in [7, 11) is 0. The van der Waals surface area contributed by atoms with Gasteiger partial charge in [-0.15, -0.1) is 0 Å². The van der Waals surface area contributed by atoms with Crippen molar-refractivity contribution in [1.82, 2.24) is 14.9 Å². The van der Waals surface area contributed by atoms with Gasteiger partial charge in [0.15, 0.2) is 0 Å². The summed E-state index contributed by atoms with van der Waals surface area (Å²) < 4.78 is 38.7. The topological polar surface area (TPSA) is 89.2 Å². The molecule has 0 atom stereocenters. The summed E-state index contributed by atoms with van der Waals surface area (Å²) in [5, 5.41) is -0.0747. The zero-order chi connectivity index (χ0) is 19.1. The first-order valence-corrected chi connectivity index (χ1v) is 7.85. The first-order valence-electron chi connectivity index (χ1n) is 7.47. The highest BCUT2D eigenvalue weighted by atomic mass is 35.5. The number of primary amides is 1. The van der Waals surface area contributed by atoms with E-state index in [1.54, 1.807) is 0 Å². The number of benzene rings is 1. The number of alkyl halides is 3. The number of nitrogens with zero attached hydrogens (tertiary/aromatic N) is 3. The van der Waals surface area contributed by atoms with Crippen LogP contribution >= 0.6 is 11.6 Å². The lowest BCUT2D eigenvalue weighted by molar-refractivity contribution is -0.137. The van der Waals surface area contributed by atoms with Crippen molar-refractivity contribution in [2.75, 3.05) is 6.54 Å². The van der Waals surface area contributed by atoms with Crippen LogP contribution in [0.3, 0.4) is 0 Å². The van der Waals surface area contributed by atoms with E-state index in [-0.39, 0.29) is 29.5 Å². The van der Waals surface area contributed by atoms with E-state index in [0.29, 0.717) is 12.1 Å². The van der Waals surface area contributed by atoms with Crippen molar-refractivity contribution in [1.29, 1.82) is 0 Å². The van der Waals surface area contributed by atoms with Crippen molar-refractivity contribution in [3.05, 3.63) is 57.6 Å². The van der Waals surface area contributed by atoms with Gasteiger partial charge in [0.25, 0.3) is 11.8 Å². The number of nitrogens with two attached hydrogens (primary N) is 1. The molecule has 0 spiro atoms. The summed E-state index contributed by atoms with van der Waals surface area (Å²) in [6, 6.07) is 2.59. The molecular weight excluding hydrogens is 373 g/mol. The highest BCUT2D eigenvalue weighted by Gasteiger charge is 2.33. The van der Waals surface area contributed by atoms with Crippen LogP contribution in [-0.2, 0) is 19.1 Å². The maximum absolute atomic E-state index is 12.9. The second kappa shape index (κ2) is 6.56. The minimum Gasteiger partial charge on any atom is -0.363 e. The van der Waals surface area contributed by atoms with E-state index < -0.39 is 23.6 Å². The molecule has 0 radical (unpaired) electrons. The monoisotopic (exact) mass is 384 g/mol. The van der Waals surface area contributed by atoms with Gasteiger partial charge in [0.05, 0.1) is 28.4 Å². The summed E-state index contributed by atoms with van der Waals surface area (Å²) >= 11 is 5.93. The van der Waals surface area contributed by atoms with Crippen molar-refractivity contribution >= 4 is 23.4 Å². The molecule has 2 N–H and O–H groups in total. The van der Waals surface area contributed by atoms with Gasteiger partial charge in [-0.3, -0.25) is 9.59 Å². The van der Waals surface area contributed by atoms with Gasteiger partial charge in [-0.1, -0.05) is 11.6 Å². The summed E-state index contributed by atoms with van der Waals surface area (Å²) in [6.45, 7) is 0.279. The normalized spacial score (nSPS) is 14.1. The summed E-state index contributed by atoms with van der Waals surface area (Å²) in [4.78, 5) is 33.0. The Morgan fingerprint density at radius 2 is 2.00 bits per heavy atom. The Bertz CT molecular complexity index is 902. The van der Waals surface area contributed by atoms with E-state index >= 15 is 0 Å². The Morgan fingerprint density at radius 3 is 2.65 bits per heavy atom. The van der Waals surface area contributed by atoms with Gasteiger partial charge in [-0.25, -0.2) is 9.97 Å². The number of rotatable bonds is 2. The first-order chi connectivity index (χ1) is 12.2. The van der Waals surface area contributed by atoms with Crippen LogP contribution in [-0.4, -0.2) is 33.2 Å². The van der Waals surface area contributed by atoms with Gasteiger partial charge >= 0.3 is 6.18 Å². The fourth-order valence-electron chi connectivity index (χ4n) is 2.63. The zero-order valence-corrected chi connectivity index (χ0v) is 13.9. The zero-order valence-electron chi connectivity index (χ0n) is 13.2. The smallest absolute Gasteiger partial charge is 0.363 e. The molecule has 2 amide bonds. The maximum atomic E-state index is 12.9. The predicted molar refractivity (Wildman–Crippen MR) is 85.4 cm³/mol. The molecular formula is C16H12ClF3N4O2. The third kappa shape index (κ3) is 3.48. The second-order valence-electron chi connectivity index (χ2n) is 5.70. The minimum absolute atomic E-state index is 0.0174. The standard InChI is InChI=1S/C16H12ClF3N4O2/c17-11-2-1-9(16(18,19)20)5-10(11)15(26)24-4-3-8-6-22-14(13(21)25)23-12(8)7-24/h1-2,5-6H,3-4,7H2,(H2,21,25). The first kappa shape index (κ1) is 18.1. The van der Waals surface area contributed by atoms with E-state index in [1.165, 1.54) is 11.1 Å². The Labute approximate surface area is 150 Å². The van der Waals surface area contributed by atoms with Crippen LogP contribution in [0.2, 0.25) is 5.02 Å². The molecule has 0 aliphatic carbocycles. The maximum Gasteiger partial charge on any atom is 0.416 e. The molecule has 2 heterocycles. The molecule has 10 heteroatoms. The summed E-state index contributed by atoms with van der Waals surface area (Å²) in [5.41, 5.74) is 5.11. The SMILES string of the molecule is NC(=O)c1ncc2c(n1)CN(C(=O)c1cc(C(F)(F)F)ccc1Cl)CC2. The second-order valence-corrected chi connectivity index (χ2v) is 6.11. The number of aromatic nitrogens is 2. The number of fused-ring (bicyclic) bond motifs is 1. The number of carbonyl (C=O) groups is 2. The van der Waals surface area contributed by atoms with Gasteiger partial charge in [0.2, 0.25) is 5.82 Å². The third-order valence-corrected chi connectivity index (χ3v) is 4.31. The van der Waals surface area contributed by atoms with E-state index in [0.717, 1.165) is 23.8 Å². The van der Waals surface area contributed by atoms with Crippen LogP contribution < -0.4 is 5.73 Å². The third-order valence-electron chi connectivity index (χ3n) is 3.98. The van der Waals surface area contributed by atoms with Crippen LogP contribution in [0.1, 0.15) is 37.8 Å². The summed E-state index contributed by atoms with van der Waals surface area (Å²) in [6.07, 6.45) is -2.73. The molecule has 0 saturated heterocycles. The van der Waals surface area contributed by atoms with Gasteiger partial charge < -0.3 is 10.6 Å². The summed E-state index contributed by atoms with van der Waals surface area (Å²) in [5.74, 6) is -1.64. The fourth-order valence-corrected chi connectivity index (χ4v) is 2.83. The Balaban J connectivity index is 1.90. The number of halogens is 4. The molecule has 26 heavy (non-hydrogen) atoms. The Kier molecular flexibility index (Phi) is 4.57. The molecule has 136 valence electrons. The lowest BCUT2D eigenvalue weighted by Gasteiger charge is -2.28. The average Bonchev–Trinajstić information content (AvgIpc) is 2.59. The van der Waals surface area contributed by atoms with E-state index in [4.69, 9.17) is 17.3 Å². The molecule has 1 aromatic heterocycles. The van der Waals surface area contributed by atoms with Crippen LogP contribution in [0.25, 0.3) is 0 Å². The minimum atomic E-state index is -4.59. The largest absolute Gasteiger partial charge is 0.416 e. The van der Waals surface area contributed by atoms with Gasteiger partial charge in [0.1, 0.15) is 0 Å². The quantitative estimate of drug-likeness (QED) is 0.861. The van der Waals surface area contributed by atoms with Crippen LogP contribution in [0.4, 0.5) is 13.2 Å². The van der Waals surface area contributed by atoms with Crippen molar-refractivity contribution in [2.24, 2.45) is 5.73 Å². The molecule has 3 rings (SSSR count). The number of hydrogen-bond acceptors (Lipinski definition) is 4. The van der Waals surface area contributed by atoms with Crippen molar-refractivity contribution in [2.45, 2.75) is 19.1 Å². The van der Waals surface area contributed by atoms with Crippen molar-refractivity contribution in [3.8, 4) is 0 Å². The Morgan fingerprint density at radius 1 is 1.27 bits per heavy atom. The van der Waals surface area contributed by atoms with Gasteiger partial charge in [0, 0.05) is 12.7 Å². The number of hydrogen-bond donors (Lipinski definition) is 1. The Hall–Kier alpha value is -2.68.